The van der Waals surface area contributed by atoms with Crippen molar-refractivity contribution in [1.82, 2.24) is 0 Å². The molecule has 0 aliphatic rings. The summed E-state index contributed by atoms with van der Waals surface area (Å²) in [4.78, 5) is 38.2. The van der Waals surface area contributed by atoms with Crippen molar-refractivity contribution in [2.75, 3.05) is 13.2 Å². The maximum Gasteiger partial charge on any atom is 0.306 e. The first-order valence-electron chi connectivity index (χ1n) is 32.0. The third-order valence-corrected chi connectivity index (χ3v) is 13.5. The molecule has 0 aromatic rings. The van der Waals surface area contributed by atoms with Gasteiger partial charge in [-0.05, 0) is 116 Å². The van der Waals surface area contributed by atoms with Crippen LogP contribution in [0.15, 0.2) is 122 Å². The van der Waals surface area contributed by atoms with Crippen LogP contribution < -0.4 is 0 Å². The third kappa shape index (κ3) is 62.5. The first kappa shape index (κ1) is 72.8. The predicted molar refractivity (Wildman–Crippen MR) is 334 cm³/mol. The lowest BCUT2D eigenvalue weighted by Gasteiger charge is -2.18. The average molecular weight is 1070 g/mol. The molecular formula is C71H118O6. The summed E-state index contributed by atoms with van der Waals surface area (Å²) < 4.78 is 16.9. The van der Waals surface area contributed by atoms with E-state index in [1.54, 1.807) is 0 Å². The van der Waals surface area contributed by atoms with Gasteiger partial charge in [-0.2, -0.15) is 0 Å². The molecule has 0 saturated heterocycles. The van der Waals surface area contributed by atoms with E-state index in [1.807, 2.05) is 0 Å². The number of esters is 3. The van der Waals surface area contributed by atoms with Gasteiger partial charge in [-0.15, -0.1) is 0 Å². The Kier molecular flexibility index (Phi) is 60.8. The molecule has 0 aliphatic heterocycles. The molecular weight excluding hydrogens is 949 g/mol. The second-order valence-corrected chi connectivity index (χ2v) is 20.9. The number of unbranched alkanes of at least 4 members (excludes halogenated alkanes) is 26. The van der Waals surface area contributed by atoms with E-state index in [0.717, 1.165) is 135 Å². The second kappa shape index (κ2) is 64.3. The highest BCUT2D eigenvalue weighted by atomic mass is 16.6. The second-order valence-electron chi connectivity index (χ2n) is 20.9. The van der Waals surface area contributed by atoms with Gasteiger partial charge in [-0.25, -0.2) is 0 Å². The van der Waals surface area contributed by atoms with Crippen molar-refractivity contribution in [3.05, 3.63) is 122 Å². The van der Waals surface area contributed by atoms with Gasteiger partial charge < -0.3 is 14.2 Å². The summed E-state index contributed by atoms with van der Waals surface area (Å²) in [6.45, 7) is 6.49. The molecule has 0 radical (unpaired) electrons. The van der Waals surface area contributed by atoms with Crippen molar-refractivity contribution in [3.8, 4) is 0 Å². The largest absolute Gasteiger partial charge is 0.462 e. The van der Waals surface area contributed by atoms with Crippen LogP contribution in [0.4, 0.5) is 0 Å². The van der Waals surface area contributed by atoms with E-state index in [1.165, 1.54) is 116 Å². The van der Waals surface area contributed by atoms with E-state index in [-0.39, 0.29) is 31.1 Å². The fourth-order valence-electron chi connectivity index (χ4n) is 8.67. The number of carbonyl (C=O) groups is 3. The molecule has 0 N–H and O–H groups in total. The minimum Gasteiger partial charge on any atom is -0.462 e. The summed E-state index contributed by atoms with van der Waals surface area (Å²) in [6, 6.07) is 0. The molecule has 0 bridgehead atoms. The summed E-state index contributed by atoms with van der Waals surface area (Å²) in [7, 11) is 0. The fraction of sp³-hybridized carbons (Fsp3) is 0.676. The SMILES string of the molecule is CC/C=C\C/C=C\C/C=C\C/C=C\C/C=C\C/C=C\C/C=C\C/C=C\CCCCCCCCC(=O)OCC(COC(=O)CCCCCCCCCCCCC)OC(=O)CCCCCCCCC/C=C\C/C=C\CCCCC. The van der Waals surface area contributed by atoms with Gasteiger partial charge in [-0.1, -0.05) is 277 Å². The molecule has 0 saturated carbocycles. The standard InChI is InChI=1S/C71H118O6/c1-4-7-10-13-16-19-22-24-26-28-29-30-31-32-33-34-35-36-37-38-39-40-41-43-44-46-49-52-55-58-61-64-70(73)76-67-68(66-75-69(72)63-60-57-54-51-48-21-18-15-12-9-6-3)77-71(74)65-62-59-56-53-50-47-45-42-27-25-23-20-17-14-11-8-5-2/h7,10,16-17,19-20,24-27,29-30,32-33,35-36,38-39,41,43,68H,4-6,8-9,11-15,18,21-23,28,31,34,37,40,42,44-67H2,1-3H3/b10-7-,19-16-,20-17-,26-24-,27-25-,30-29-,33-32-,36-35-,39-38-,43-41-. The lowest BCUT2D eigenvalue weighted by Crippen LogP contribution is -2.30. The van der Waals surface area contributed by atoms with Gasteiger partial charge in [-0.3, -0.25) is 14.4 Å². The highest BCUT2D eigenvalue weighted by Crippen LogP contribution is 2.15. The van der Waals surface area contributed by atoms with E-state index in [0.29, 0.717) is 19.3 Å². The van der Waals surface area contributed by atoms with Crippen LogP contribution in [0.25, 0.3) is 0 Å². The Balaban J connectivity index is 4.30. The number of ether oxygens (including phenoxy) is 3. The van der Waals surface area contributed by atoms with Crippen LogP contribution >= 0.6 is 0 Å². The van der Waals surface area contributed by atoms with Crippen LogP contribution in [-0.4, -0.2) is 37.2 Å². The maximum atomic E-state index is 12.9. The summed E-state index contributed by atoms with van der Waals surface area (Å²) in [5.74, 6) is -0.905. The molecule has 0 aliphatic carbocycles. The minimum atomic E-state index is -0.790. The van der Waals surface area contributed by atoms with Crippen LogP contribution in [0, 0.1) is 0 Å². The van der Waals surface area contributed by atoms with Crippen LogP contribution in [0.2, 0.25) is 0 Å². The average Bonchev–Trinajstić information content (AvgIpc) is 3.43. The monoisotopic (exact) mass is 1070 g/mol. The molecule has 6 heteroatoms. The minimum absolute atomic E-state index is 0.0855. The van der Waals surface area contributed by atoms with Crippen molar-refractivity contribution in [2.45, 2.75) is 297 Å². The number of allylic oxidation sites excluding steroid dienone is 20. The van der Waals surface area contributed by atoms with E-state index in [2.05, 4.69) is 142 Å². The first-order valence-corrected chi connectivity index (χ1v) is 32.0. The Morgan fingerprint density at radius 2 is 0.506 bits per heavy atom. The van der Waals surface area contributed by atoms with Gasteiger partial charge in [0.2, 0.25) is 0 Å². The van der Waals surface area contributed by atoms with Gasteiger partial charge in [0, 0.05) is 19.3 Å². The molecule has 0 amide bonds. The predicted octanol–water partition coefficient (Wildman–Crippen LogP) is 22.0. The molecule has 0 aromatic heterocycles. The Bertz CT molecular complexity index is 1600. The normalized spacial score (nSPS) is 12.9. The number of rotatable bonds is 57. The van der Waals surface area contributed by atoms with Crippen molar-refractivity contribution in [3.63, 3.8) is 0 Å². The van der Waals surface area contributed by atoms with Gasteiger partial charge in [0.15, 0.2) is 6.10 Å². The molecule has 1 atom stereocenters. The van der Waals surface area contributed by atoms with Crippen LogP contribution in [0.3, 0.4) is 0 Å². The quantitative estimate of drug-likeness (QED) is 0.0261. The lowest BCUT2D eigenvalue weighted by atomic mass is 10.1. The van der Waals surface area contributed by atoms with Crippen molar-refractivity contribution < 1.29 is 28.6 Å². The zero-order valence-corrected chi connectivity index (χ0v) is 50.2. The number of hydrogen-bond acceptors (Lipinski definition) is 6. The van der Waals surface area contributed by atoms with E-state index in [9.17, 15) is 14.4 Å². The van der Waals surface area contributed by atoms with Gasteiger partial charge in [0.1, 0.15) is 13.2 Å². The smallest absolute Gasteiger partial charge is 0.306 e. The van der Waals surface area contributed by atoms with Crippen LogP contribution in [-0.2, 0) is 28.6 Å². The van der Waals surface area contributed by atoms with E-state index >= 15 is 0 Å². The van der Waals surface area contributed by atoms with E-state index in [4.69, 9.17) is 14.2 Å². The maximum absolute atomic E-state index is 12.9. The molecule has 438 valence electrons. The van der Waals surface area contributed by atoms with E-state index < -0.39 is 6.10 Å². The molecule has 0 rings (SSSR count). The van der Waals surface area contributed by atoms with Gasteiger partial charge in [0.05, 0.1) is 0 Å². The summed E-state index contributed by atoms with van der Waals surface area (Å²) in [5.41, 5.74) is 0. The highest BCUT2D eigenvalue weighted by molar-refractivity contribution is 5.71. The number of carbonyl (C=O) groups excluding carboxylic acids is 3. The fourth-order valence-corrected chi connectivity index (χ4v) is 8.67. The van der Waals surface area contributed by atoms with Gasteiger partial charge >= 0.3 is 17.9 Å². The zero-order valence-electron chi connectivity index (χ0n) is 50.2. The zero-order chi connectivity index (χ0) is 55.7. The Labute approximate surface area is 475 Å². The molecule has 77 heavy (non-hydrogen) atoms. The summed E-state index contributed by atoms with van der Waals surface area (Å²) in [5, 5.41) is 0. The Morgan fingerprint density at radius 3 is 0.818 bits per heavy atom. The lowest BCUT2D eigenvalue weighted by molar-refractivity contribution is -0.167. The van der Waals surface area contributed by atoms with Crippen LogP contribution in [0.5, 0.6) is 0 Å². The summed E-state index contributed by atoms with van der Waals surface area (Å²) >= 11 is 0. The Hall–Kier alpha value is -4.19. The summed E-state index contributed by atoms with van der Waals surface area (Å²) in [6.07, 6.45) is 89.1. The van der Waals surface area contributed by atoms with Crippen LogP contribution in [0.1, 0.15) is 290 Å². The molecule has 0 heterocycles. The molecule has 1 unspecified atom stereocenters. The van der Waals surface area contributed by atoms with Crippen molar-refractivity contribution >= 4 is 17.9 Å². The number of hydrogen-bond donors (Lipinski definition) is 0. The highest BCUT2D eigenvalue weighted by Gasteiger charge is 2.19. The molecule has 6 nitrogen and oxygen atoms in total. The van der Waals surface area contributed by atoms with Crippen molar-refractivity contribution in [1.29, 1.82) is 0 Å². The molecule has 0 spiro atoms. The van der Waals surface area contributed by atoms with Crippen molar-refractivity contribution in [2.24, 2.45) is 0 Å². The molecule has 0 fully saturated rings. The Morgan fingerprint density at radius 1 is 0.273 bits per heavy atom. The molecule has 0 aromatic carbocycles. The topological polar surface area (TPSA) is 78.9 Å². The first-order chi connectivity index (χ1) is 38.0. The third-order valence-electron chi connectivity index (χ3n) is 13.5. The van der Waals surface area contributed by atoms with Gasteiger partial charge in [0.25, 0.3) is 0 Å².